The van der Waals surface area contributed by atoms with E-state index in [1.807, 2.05) is 0 Å². The van der Waals surface area contributed by atoms with E-state index in [0.29, 0.717) is 11.8 Å². The molecule has 2 heterocycles. The first-order valence-corrected chi connectivity index (χ1v) is 7.00. The number of halogens is 1. The number of aromatic nitrogens is 2. The number of thiophene rings is 1. The Hall–Kier alpha value is -0.870. The number of rotatable bonds is 4. The lowest BCUT2D eigenvalue weighted by atomic mass is 10.1. The summed E-state index contributed by atoms with van der Waals surface area (Å²) in [6.45, 7) is 6.38. The molecular weight excluding hydrogens is 254 g/mol. The topological polar surface area (TPSA) is 37.8 Å². The van der Waals surface area contributed by atoms with Crippen LogP contribution in [0.2, 0.25) is 0 Å². The van der Waals surface area contributed by atoms with Gasteiger partial charge in [0.05, 0.1) is 5.39 Å². The van der Waals surface area contributed by atoms with E-state index in [2.05, 4.69) is 42.1 Å². The molecule has 0 amide bonds. The predicted molar refractivity (Wildman–Crippen MR) is 75.1 cm³/mol. The Morgan fingerprint density at radius 2 is 2.18 bits per heavy atom. The molecule has 0 saturated carbocycles. The molecule has 5 heteroatoms. The number of anilines is 1. The monoisotopic (exact) mass is 269 g/mol. The van der Waals surface area contributed by atoms with Gasteiger partial charge in [-0.25, -0.2) is 9.97 Å². The van der Waals surface area contributed by atoms with Crippen molar-refractivity contribution in [3.05, 3.63) is 17.3 Å². The van der Waals surface area contributed by atoms with E-state index in [-0.39, 0.29) is 6.04 Å². The van der Waals surface area contributed by atoms with Gasteiger partial charge in [0.2, 0.25) is 0 Å². The lowest BCUT2D eigenvalue weighted by molar-refractivity contribution is 0.563. The number of alkyl halides is 1. The van der Waals surface area contributed by atoms with Gasteiger partial charge >= 0.3 is 0 Å². The highest BCUT2D eigenvalue weighted by atomic mass is 35.5. The molecule has 92 valence electrons. The summed E-state index contributed by atoms with van der Waals surface area (Å²) >= 11 is 7.65. The SMILES string of the molecule is Cc1cc2c(NC(CCl)C(C)C)ncnc2s1. The Labute approximate surface area is 110 Å². The average molecular weight is 270 g/mol. The lowest BCUT2D eigenvalue weighted by Crippen LogP contribution is -2.27. The summed E-state index contributed by atoms with van der Waals surface area (Å²) in [6, 6.07) is 2.35. The Morgan fingerprint density at radius 3 is 2.82 bits per heavy atom. The summed E-state index contributed by atoms with van der Waals surface area (Å²) in [7, 11) is 0. The van der Waals surface area contributed by atoms with E-state index in [1.54, 1.807) is 17.7 Å². The molecule has 0 aliphatic rings. The number of hydrogen-bond acceptors (Lipinski definition) is 4. The zero-order valence-electron chi connectivity index (χ0n) is 10.2. The van der Waals surface area contributed by atoms with Gasteiger partial charge in [-0.1, -0.05) is 13.8 Å². The Balaban J connectivity index is 2.34. The second-order valence-corrected chi connectivity index (χ2v) is 5.99. The molecule has 17 heavy (non-hydrogen) atoms. The fourth-order valence-corrected chi connectivity index (χ4v) is 2.93. The van der Waals surface area contributed by atoms with Crippen LogP contribution < -0.4 is 5.32 Å². The van der Waals surface area contributed by atoms with Gasteiger partial charge in [0.15, 0.2) is 0 Å². The number of nitrogens with one attached hydrogen (secondary N) is 1. The van der Waals surface area contributed by atoms with E-state index in [9.17, 15) is 0 Å². The Morgan fingerprint density at radius 1 is 1.41 bits per heavy atom. The molecule has 0 aliphatic carbocycles. The van der Waals surface area contributed by atoms with Crippen molar-refractivity contribution >= 4 is 39.0 Å². The summed E-state index contributed by atoms with van der Waals surface area (Å²) in [5, 5.41) is 4.50. The first kappa shape index (κ1) is 12.6. The highest BCUT2D eigenvalue weighted by Gasteiger charge is 2.14. The largest absolute Gasteiger partial charge is 0.365 e. The van der Waals surface area contributed by atoms with Crippen LogP contribution >= 0.6 is 22.9 Å². The summed E-state index contributed by atoms with van der Waals surface area (Å²) in [4.78, 5) is 10.9. The molecule has 0 radical (unpaired) electrons. The predicted octanol–water partition coefficient (Wildman–Crippen LogP) is 3.68. The quantitative estimate of drug-likeness (QED) is 0.861. The van der Waals surface area contributed by atoms with Crippen LogP contribution in [0.25, 0.3) is 10.2 Å². The number of aryl methyl sites for hydroxylation is 1. The molecule has 2 aromatic heterocycles. The third-order valence-electron chi connectivity index (χ3n) is 2.75. The smallest absolute Gasteiger partial charge is 0.138 e. The maximum atomic E-state index is 5.97. The van der Waals surface area contributed by atoms with E-state index < -0.39 is 0 Å². The number of nitrogens with zero attached hydrogens (tertiary/aromatic N) is 2. The van der Waals surface area contributed by atoms with Crippen molar-refractivity contribution in [2.45, 2.75) is 26.8 Å². The van der Waals surface area contributed by atoms with Crippen molar-refractivity contribution in [2.24, 2.45) is 5.92 Å². The normalized spacial score (nSPS) is 13.2. The molecule has 2 rings (SSSR count). The molecule has 1 atom stereocenters. The molecule has 0 fully saturated rings. The maximum absolute atomic E-state index is 5.97. The lowest BCUT2D eigenvalue weighted by Gasteiger charge is -2.20. The first-order chi connectivity index (χ1) is 8.11. The summed E-state index contributed by atoms with van der Waals surface area (Å²) in [5.74, 6) is 1.93. The van der Waals surface area contributed by atoms with E-state index in [0.717, 1.165) is 16.0 Å². The van der Waals surface area contributed by atoms with Crippen molar-refractivity contribution in [1.82, 2.24) is 9.97 Å². The second-order valence-electron chi connectivity index (χ2n) is 4.45. The van der Waals surface area contributed by atoms with Gasteiger partial charge in [0.1, 0.15) is 17.0 Å². The molecule has 0 aliphatic heterocycles. The third-order valence-corrected chi connectivity index (χ3v) is 4.04. The first-order valence-electron chi connectivity index (χ1n) is 5.65. The van der Waals surface area contributed by atoms with Crippen molar-refractivity contribution < 1.29 is 0 Å². The molecule has 0 saturated heterocycles. The van der Waals surface area contributed by atoms with Crippen LogP contribution in [-0.4, -0.2) is 21.9 Å². The minimum absolute atomic E-state index is 0.231. The van der Waals surface area contributed by atoms with Crippen LogP contribution in [0.15, 0.2) is 12.4 Å². The number of fused-ring (bicyclic) bond motifs is 1. The van der Waals surface area contributed by atoms with E-state index in [1.165, 1.54) is 4.88 Å². The molecular formula is C12H16ClN3S. The molecule has 1 unspecified atom stereocenters. The van der Waals surface area contributed by atoms with Gasteiger partial charge in [-0.15, -0.1) is 22.9 Å². The summed E-state index contributed by atoms with van der Waals surface area (Å²) < 4.78 is 0. The van der Waals surface area contributed by atoms with Crippen LogP contribution in [0.3, 0.4) is 0 Å². The van der Waals surface area contributed by atoms with E-state index in [4.69, 9.17) is 11.6 Å². The molecule has 0 spiro atoms. The average Bonchev–Trinajstić information content (AvgIpc) is 2.66. The Kier molecular flexibility index (Phi) is 3.84. The summed E-state index contributed by atoms with van der Waals surface area (Å²) in [5.41, 5.74) is 0. The van der Waals surface area contributed by atoms with Crippen LogP contribution in [0.1, 0.15) is 18.7 Å². The zero-order chi connectivity index (χ0) is 12.4. The maximum Gasteiger partial charge on any atom is 0.138 e. The molecule has 0 aromatic carbocycles. The van der Waals surface area contributed by atoms with Crippen molar-refractivity contribution in [3.8, 4) is 0 Å². The minimum atomic E-state index is 0.231. The fraction of sp³-hybridized carbons (Fsp3) is 0.500. The van der Waals surface area contributed by atoms with Crippen molar-refractivity contribution in [2.75, 3.05) is 11.2 Å². The van der Waals surface area contributed by atoms with E-state index >= 15 is 0 Å². The molecule has 0 bridgehead atoms. The third kappa shape index (κ3) is 2.69. The van der Waals surface area contributed by atoms with Crippen molar-refractivity contribution in [3.63, 3.8) is 0 Å². The van der Waals surface area contributed by atoms with Crippen LogP contribution in [0.5, 0.6) is 0 Å². The van der Waals surface area contributed by atoms with Gasteiger partial charge in [-0.05, 0) is 18.9 Å². The van der Waals surface area contributed by atoms with Gasteiger partial charge < -0.3 is 5.32 Å². The van der Waals surface area contributed by atoms with Gasteiger partial charge in [-0.2, -0.15) is 0 Å². The van der Waals surface area contributed by atoms with Crippen molar-refractivity contribution in [1.29, 1.82) is 0 Å². The van der Waals surface area contributed by atoms with Gasteiger partial charge in [0.25, 0.3) is 0 Å². The van der Waals surface area contributed by atoms with Crippen LogP contribution in [0, 0.1) is 12.8 Å². The fourth-order valence-electron chi connectivity index (χ4n) is 1.65. The summed E-state index contributed by atoms with van der Waals surface area (Å²) in [6.07, 6.45) is 1.60. The van der Waals surface area contributed by atoms with Crippen LogP contribution in [0.4, 0.5) is 5.82 Å². The highest BCUT2D eigenvalue weighted by Crippen LogP contribution is 2.28. The standard InChI is InChI=1S/C12H16ClN3S/c1-7(2)10(5-13)16-11-9-4-8(3)17-12(9)15-6-14-11/h4,6-7,10H,5H2,1-3H3,(H,14,15,16). The van der Waals surface area contributed by atoms with Gasteiger partial charge in [-0.3, -0.25) is 0 Å². The molecule has 1 N–H and O–H groups in total. The minimum Gasteiger partial charge on any atom is -0.365 e. The zero-order valence-corrected chi connectivity index (χ0v) is 11.8. The van der Waals surface area contributed by atoms with Gasteiger partial charge in [0, 0.05) is 16.8 Å². The molecule has 2 aromatic rings. The highest BCUT2D eigenvalue weighted by molar-refractivity contribution is 7.18. The van der Waals surface area contributed by atoms with Crippen LogP contribution in [-0.2, 0) is 0 Å². The molecule has 3 nitrogen and oxygen atoms in total. The Bertz CT molecular complexity index is 509. The second kappa shape index (κ2) is 5.19. The number of hydrogen-bond donors (Lipinski definition) is 1.